The summed E-state index contributed by atoms with van der Waals surface area (Å²) in [7, 11) is 1.97. The van der Waals surface area contributed by atoms with E-state index in [1.807, 2.05) is 23.7 Å². The van der Waals surface area contributed by atoms with Crippen molar-refractivity contribution in [2.45, 2.75) is 18.3 Å². The van der Waals surface area contributed by atoms with Crippen LogP contribution in [0.2, 0.25) is 5.02 Å². The minimum Gasteiger partial charge on any atom is -0.345 e. The van der Waals surface area contributed by atoms with Crippen molar-refractivity contribution in [2.75, 3.05) is 0 Å². The van der Waals surface area contributed by atoms with Gasteiger partial charge in [0.2, 0.25) is 0 Å². The van der Waals surface area contributed by atoms with E-state index in [4.69, 9.17) is 11.6 Å². The number of aromatic nitrogens is 2. The zero-order valence-electron chi connectivity index (χ0n) is 8.87. The Labute approximate surface area is 98.3 Å². The molecule has 0 unspecified atom stereocenters. The zero-order chi connectivity index (χ0) is 11.3. The molecule has 0 aromatic carbocycles. The predicted molar refractivity (Wildman–Crippen MR) is 62.2 cm³/mol. The number of halogens is 1. The third-order valence-electron chi connectivity index (χ3n) is 3.31. The molecule has 0 aliphatic heterocycles. The molecule has 0 saturated heterocycles. The van der Waals surface area contributed by atoms with Crippen LogP contribution in [0.4, 0.5) is 0 Å². The first-order valence-electron chi connectivity index (χ1n) is 5.19. The highest BCUT2D eigenvalue weighted by molar-refractivity contribution is 6.31. The van der Waals surface area contributed by atoms with Crippen LogP contribution in [-0.4, -0.2) is 9.55 Å². The lowest BCUT2D eigenvalue weighted by Gasteiger charge is -2.07. The van der Waals surface area contributed by atoms with Gasteiger partial charge in [-0.25, -0.2) is 0 Å². The van der Waals surface area contributed by atoms with Gasteiger partial charge in [0.1, 0.15) is 0 Å². The van der Waals surface area contributed by atoms with Gasteiger partial charge in [-0.05, 0) is 25.0 Å². The van der Waals surface area contributed by atoms with E-state index in [2.05, 4.69) is 11.1 Å². The van der Waals surface area contributed by atoms with Gasteiger partial charge in [0.15, 0.2) is 0 Å². The highest BCUT2D eigenvalue weighted by atomic mass is 35.5. The van der Waals surface area contributed by atoms with Crippen LogP contribution in [0, 0.1) is 11.3 Å². The molecule has 2 heterocycles. The Morgan fingerprint density at radius 3 is 2.88 bits per heavy atom. The summed E-state index contributed by atoms with van der Waals surface area (Å²) in [4.78, 5) is 4.28. The van der Waals surface area contributed by atoms with Crippen molar-refractivity contribution < 1.29 is 0 Å². The summed E-state index contributed by atoms with van der Waals surface area (Å²) in [6.07, 6.45) is 3.53. The Bertz CT molecular complexity index is 617. The first-order valence-corrected chi connectivity index (χ1v) is 5.57. The van der Waals surface area contributed by atoms with Crippen LogP contribution in [-0.2, 0) is 12.5 Å². The molecule has 1 aliphatic rings. The maximum atomic E-state index is 9.20. The SMILES string of the molecule is Cn1c(C2(C#N)CC2)cc2ncc(Cl)cc21. The van der Waals surface area contributed by atoms with E-state index in [1.165, 1.54) is 0 Å². The van der Waals surface area contributed by atoms with Crippen LogP contribution in [0.15, 0.2) is 18.3 Å². The van der Waals surface area contributed by atoms with Gasteiger partial charge in [0, 0.05) is 18.9 Å². The number of aryl methyl sites for hydroxylation is 1. The average Bonchev–Trinajstić information content (AvgIpc) is 3.01. The largest absolute Gasteiger partial charge is 0.345 e. The van der Waals surface area contributed by atoms with Crippen LogP contribution < -0.4 is 0 Å². The first-order chi connectivity index (χ1) is 7.66. The summed E-state index contributed by atoms with van der Waals surface area (Å²) in [6.45, 7) is 0. The van der Waals surface area contributed by atoms with Gasteiger partial charge >= 0.3 is 0 Å². The van der Waals surface area contributed by atoms with Crippen molar-refractivity contribution in [3.8, 4) is 6.07 Å². The summed E-state index contributed by atoms with van der Waals surface area (Å²) >= 11 is 5.92. The maximum Gasteiger partial charge on any atom is 0.0975 e. The second-order valence-electron chi connectivity index (χ2n) is 4.34. The minimum absolute atomic E-state index is 0.276. The number of hydrogen-bond donors (Lipinski definition) is 0. The third-order valence-corrected chi connectivity index (χ3v) is 3.52. The molecular weight excluding hydrogens is 222 g/mol. The number of pyridine rings is 1. The average molecular weight is 232 g/mol. The first kappa shape index (κ1) is 9.68. The molecule has 0 amide bonds. The summed E-state index contributed by atoms with van der Waals surface area (Å²) in [6, 6.07) is 6.30. The molecule has 1 aliphatic carbocycles. The van der Waals surface area contributed by atoms with Gasteiger partial charge in [-0.15, -0.1) is 0 Å². The molecule has 2 aromatic rings. The second kappa shape index (κ2) is 2.99. The molecule has 0 N–H and O–H groups in total. The normalized spacial score (nSPS) is 17.3. The molecular formula is C12H10ClN3. The molecule has 0 bridgehead atoms. The third kappa shape index (κ3) is 1.17. The van der Waals surface area contributed by atoms with Crippen molar-refractivity contribution in [2.24, 2.45) is 7.05 Å². The van der Waals surface area contributed by atoms with Gasteiger partial charge < -0.3 is 4.57 Å². The molecule has 3 nitrogen and oxygen atoms in total. The topological polar surface area (TPSA) is 41.6 Å². The van der Waals surface area contributed by atoms with Gasteiger partial charge in [0.25, 0.3) is 0 Å². The molecule has 16 heavy (non-hydrogen) atoms. The van der Waals surface area contributed by atoms with Gasteiger partial charge in [-0.2, -0.15) is 5.26 Å². The van der Waals surface area contributed by atoms with Crippen molar-refractivity contribution >= 4 is 22.6 Å². The van der Waals surface area contributed by atoms with Crippen molar-refractivity contribution in [1.82, 2.24) is 9.55 Å². The summed E-state index contributed by atoms with van der Waals surface area (Å²) in [5.74, 6) is 0. The molecule has 0 atom stereocenters. The highest BCUT2D eigenvalue weighted by Gasteiger charge is 2.47. The summed E-state index contributed by atoms with van der Waals surface area (Å²) < 4.78 is 2.03. The number of rotatable bonds is 1. The lowest BCUT2D eigenvalue weighted by Crippen LogP contribution is -2.08. The van der Waals surface area contributed by atoms with Gasteiger partial charge in [-0.3, -0.25) is 4.98 Å². The molecule has 3 rings (SSSR count). The van der Waals surface area contributed by atoms with Crippen LogP contribution in [0.5, 0.6) is 0 Å². The Kier molecular flexibility index (Phi) is 1.81. The lowest BCUT2D eigenvalue weighted by atomic mass is 10.1. The fourth-order valence-electron chi connectivity index (χ4n) is 2.18. The van der Waals surface area contributed by atoms with E-state index in [9.17, 15) is 5.26 Å². The molecule has 1 fully saturated rings. The summed E-state index contributed by atoms with van der Waals surface area (Å²) in [5, 5.41) is 9.83. The number of nitrogens with zero attached hydrogens (tertiary/aromatic N) is 3. The molecule has 2 aromatic heterocycles. The number of nitriles is 1. The minimum atomic E-state index is -0.276. The van der Waals surface area contributed by atoms with Gasteiger partial charge in [-0.1, -0.05) is 11.6 Å². The standard InChI is InChI=1S/C12H10ClN3/c1-16-10-4-8(13)6-15-9(10)5-11(16)12(7-14)2-3-12/h4-6H,2-3H2,1H3. The van der Waals surface area contributed by atoms with Crippen LogP contribution >= 0.6 is 11.6 Å². The molecule has 4 heteroatoms. The van der Waals surface area contributed by atoms with Crippen molar-refractivity contribution in [3.05, 3.63) is 29.0 Å². The molecule has 80 valence electrons. The van der Waals surface area contributed by atoms with E-state index in [0.717, 1.165) is 29.6 Å². The fourth-order valence-corrected chi connectivity index (χ4v) is 2.34. The van der Waals surface area contributed by atoms with Gasteiger partial charge in [0.05, 0.1) is 27.5 Å². The van der Waals surface area contributed by atoms with E-state index in [-0.39, 0.29) is 5.41 Å². The smallest absolute Gasteiger partial charge is 0.0975 e. The second-order valence-corrected chi connectivity index (χ2v) is 4.78. The van der Waals surface area contributed by atoms with E-state index in [0.29, 0.717) is 5.02 Å². The van der Waals surface area contributed by atoms with Crippen molar-refractivity contribution in [3.63, 3.8) is 0 Å². The lowest BCUT2D eigenvalue weighted by molar-refractivity contribution is 0.771. The Morgan fingerprint density at radius 1 is 1.50 bits per heavy atom. The molecule has 0 radical (unpaired) electrons. The van der Waals surface area contributed by atoms with Crippen LogP contribution in [0.25, 0.3) is 11.0 Å². The maximum absolute atomic E-state index is 9.20. The van der Waals surface area contributed by atoms with Crippen LogP contribution in [0.3, 0.4) is 0 Å². The van der Waals surface area contributed by atoms with E-state index < -0.39 is 0 Å². The number of fused-ring (bicyclic) bond motifs is 1. The highest BCUT2D eigenvalue weighted by Crippen LogP contribution is 2.48. The zero-order valence-corrected chi connectivity index (χ0v) is 9.62. The number of hydrogen-bond acceptors (Lipinski definition) is 2. The fraction of sp³-hybridized carbons (Fsp3) is 0.333. The molecule has 0 spiro atoms. The van der Waals surface area contributed by atoms with E-state index in [1.54, 1.807) is 6.20 Å². The van der Waals surface area contributed by atoms with Crippen molar-refractivity contribution in [1.29, 1.82) is 5.26 Å². The van der Waals surface area contributed by atoms with Crippen LogP contribution in [0.1, 0.15) is 18.5 Å². The Hall–Kier alpha value is -1.53. The van der Waals surface area contributed by atoms with E-state index >= 15 is 0 Å². The quantitative estimate of drug-likeness (QED) is 0.757. The molecule has 1 saturated carbocycles. The predicted octanol–water partition coefficient (Wildman–Crippen LogP) is 2.78. The Balaban J connectivity index is 2.29. The monoisotopic (exact) mass is 231 g/mol. The Morgan fingerprint density at radius 2 is 2.25 bits per heavy atom. The summed E-state index contributed by atoms with van der Waals surface area (Å²) in [5.41, 5.74) is 2.68.